The van der Waals surface area contributed by atoms with Gasteiger partial charge >= 0.3 is 0 Å². The van der Waals surface area contributed by atoms with Crippen molar-refractivity contribution in [3.05, 3.63) is 86.3 Å². The molecule has 2 heterocycles. The second-order valence-corrected chi connectivity index (χ2v) is 9.39. The largest absolute Gasteiger partial charge is 0.496 e. The van der Waals surface area contributed by atoms with Gasteiger partial charge in [-0.05, 0) is 55.3 Å². The second kappa shape index (κ2) is 10.1. The van der Waals surface area contributed by atoms with Gasteiger partial charge in [-0.15, -0.1) is 11.3 Å². The molecule has 0 aliphatic heterocycles. The third kappa shape index (κ3) is 5.00. The summed E-state index contributed by atoms with van der Waals surface area (Å²) in [6, 6.07) is 16.3. The number of para-hydroxylation sites is 1. The van der Waals surface area contributed by atoms with Crippen molar-refractivity contribution in [2.75, 3.05) is 12.4 Å². The van der Waals surface area contributed by atoms with Crippen LogP contribution in [0.15, 0.2) is 64.2 Å². The summed E-state index contributed by atoms with van der Waals surface area (Å²) >= 11 is 4.59. The fourth-order valence-electron chi connectivity index (χ4n) is 3.50. The van der Waals surface area contributed by atoms with Gasteiger partial charge in [0.1, 0.15) is 15.5 Å². The van der Waals surface area contributed by atoms with E-state index in [4.69, 9.17) is 4.74 Å². The van der Waals surface area contributed by atoms with Crippen molar-refractivity contribution in [2.45, 2.75) is 13.8 Å². The SMILES string of the molecule is COc1ccccc1C(=O)Nc1c(C(=O)N/N=C\c2ccc(Br)cc2)sc2nc(C)cc(C)c12. The minimum Gasteiger partial charge on any atom is -0.496 e. The van der Waals surface area contributed by atoms with Crippen molar-refractivity contribution in [2.24, 2.45) is 5.10 Å². The molecule has 0 spiro atoms. The van der Waals surface area contributed by atoms with Crippen LogP contribution in [0.3, 0.4) is 0 Å². The number of hydrazone groups is 1. The average molecular weight is 537 g/mol. The van der Waals surface area contributed by atoms with Crippen molar-refractivity contribution in [1.82, 2.24) is 10.4 Å². The Morgan fingerprint density at radius 2 is 1.82 bits per heavy atom. The molecule has 0 aliphatic carbocycles. The Labute approximate surface area is 209 Å². The molecule has 4 rings (SSSR count). The Hall–Kier alpha value is -3.56. The number of carbonyl (C=O) groups excluding carboxylic acids is 2. The Bertz CT molecular complexity index is 1410. The summed E-state index contributed by atoms with van der Waals surface area (Å²) in [6.45, 7) is 3.82. The van der Waals surface area contributed by atoms with Gasteiger partial charge in [-0.2, -0.15) is 5.10 Å². The first-order chi connectivity index (χ1) is 16.4. The third-order valence-electron chi connectivity index (χ3n) is 5.03. The fraction of sp³-hybridized carbons (Fsp3) is 0.120. The summed E-state index contributed by atoms with van der Waals surface area (Å²) in [7, 11) is 1.51. The van der Waals surface area contributed by atoms with Crippen LogP contribution in [-0.4, -0.2) is 30.1 Å². The fourth-order valence-corrected chi connectivity index (χ4v) is 4.90. The first-order valence-corrected chi connectivity index (χ1v) is 11.9. The van der Waals surface area contributed by atoms with E-state index in [0.29, 0.717) is 26.7 Å². The van der Waals surface area contributed by atoms with Gasteiger partial charge in [-0.1, -0.05) is 40.2 Å². The zero-order valence-corrected chi connectivity index (χ0v) is 21.1. The second-order valence-electron chi connectivity index (χ2n) is 7.47. The molecule has 0 fully saturated rings. The molecule has 34 heavy (non-hydrogen) atoms. The molecule has 7 nitrogen and oxygen atoms in total. The molecule has 0 saturated heterocycles. The number of methoxy groups -OCH3 is 1. The summed E-state index contributed by atoms with van der Waals surface area (Å²) < 4.78 is 6.27. The number of ether oxygens (including phenoxy) is 1. The number of aromatic nitrogens is 1. The minimum atomic E-state index is -0.441. The van der Waals surface area contributed by atoms with E-state index in [2.05, 4.69) is 36.8 Å². The maximum atomic E-state index is 13.1. The highest BCUT2D eigenvalue weighted by Gasteiger charge is 2.24. The number of pyridine rings is 1. The Kier molecular flexibility index (Phi) is 7.04. The maximum absolute atomic E-state index is 13.1. The van der Waals surface area contributed by atoms with Gasteiger partial charge in [-0.3, -0.25) is 9.59 Å². The van der Waals surface area contributed by atoms with E-state index < -0.39 is 5.91 Å². The summed E-state index contributed by atoms with van der Waals surface area (Å²) in [5.74, 6) is -0.386. The molecular formula is C25H21BrN4O3S. The smallest absolute Gasteiger partial charge is 0.283 e. The van der Waals surface area contributed by atoms with Crippen molar-refractivity contribution >= 4 is 61.2 Å². The lowest BCUT2D eigenvalue weighted by atomic mass is 10.1. The highest BCUT2D eigenvalue weighted by Crippen LogP contribution is 2.38. The van der Waals surface area contributed by atoms with Crippen LogP contribution in [0.2, 0.25) is 0 Å². The van der Waals surface area contributed by atoms with Crippen LogP contribution < -0.4 is 15.5 Å². The predicted molar refractivity (Wildman–Crippen MR) is 139 cm³/mol. The number of hydrogen-bond donors (Lipinski definition) is 2. The number of thiophene rings is 1. The molecule has 9 heteroatoms. The predicted octanol–water partition coefficient (Wildman–Crippen LogP) is 5.70. The van der Waals surface area contributed by atoms with Gasteiger partial charge in [0.2, 0.25) is 0 Å². The highest BCUT2D eigenvalue weighted by atomic mass is 79.9. The summed E-state index contributed by atoms with van der Waals surface area (Å²) in [4.78, 5) is 31.8. The first-order valence-electron chi connectivity index (χ1n) is 10.3. The van der Waals surface area contributed by atoms with Gasteiger partial charge in [0.05, 0.1) is 24.6 Å². The van der Waals surface area contributed by atoms with Crippen LogP contribution in [0, 0.1) is 13.8 Å². The maximum Gasteiger partial charge on any atom is 0.283 e. The van der Waals surface area contributed by atoms with E-state index in [0.717, 1.165) is 26.7 Å². The molecule has 4 aromatic rings. The highest BCUT2D eigenvalue weighted by molar-refractivity contribution is 9.10. The number of halogens is 1. The topological polar surface area (TPSA) is 92.7 Å². The van der Waals surface area contributed by atoms with E-state index in [1.807, 2.05) is 44.2 Å². The Morgan fingerprint density at radius 3 is 2.56 bits per heavy atom. The normalized spacial score (nSPS) is 11.1. The van der Waals surface area contributed by atoms with Gasteiger partial charge < -0.3 is 10.1 Å². The molecule has 0 unspecified atom stereocenters. The van der Waals surface area contributed by atoms with Gasteiger partial charge in [0.15, 0.2) is 0 Å². The van der Waals surface area contributed by atoms with Crippen molar-refractivity contribution in [3.63, 3.8) is 0 Å². The monoisotopic (exact) mass is 536 g/mol. The molecule has 0 radical (unpaired) electrons. The summed E-state index contributed by atoms with van der Waals surface area (Å²) in [5.41, 5.74) is 5.89. The van der Waals surface area contributed by atoms with Crippen LogP contribution in [0.4, 0.5) is 5.69 Å². The zero-order valence-electron chi connectivity index (χ0n) is 18.7. The number of aryl methyl sites for hydroxylation is 2. The average Bonchev–Trinajstić information content (AvgIpc) is 3.18. The van der Waals surface area contributed by atoms with Crippen LogP contribution in [-0.2, 0) is 0 Å². The van der Waals surface area contributed by atoms with Crippen LogP contribution >= 0.6 is 27.3 Å². The number of benzene rings is 2. The molecule has 172 valence electrons. The molecule has 0 saturated carbocycles. The molecule has 2 N–H and O–H groups in total. The van der Waals surface area contributed by atoms with E-state index in [1.54, 1.807) is 30.5 Å². The number of nitrogens with zero attached hydrogens (tertiary/aromatic N) is 2. The lowest BCUT2D eigenvalue weighted by Gasteiger charge is -2.11. The van der Waals surface area contributed by atoms with Crippen molar-refractivity contribution in [1.29, 1.82) is 0 Å². The third-order valence-corrected chi connectivity index (χ3v) is 6.64. The molecule has 0 aliphatic rings. The van der Waals surface area contributed by atoms with Crippen molar-refractivity contribution < 1.29 is 14.3 Å². The molecule has 2 amide bonds. The van der Waals surface area contributed by atoms with E-state index in [1.165, 1.54) is 18.4 Å². The first kappa shape index (κ1) is 23.6. The van der Waals surface area contributed by atoms with E-state index in [-0.39, 0.29) is 5.91 Å². The number of carbonyl (C=O) groups is 2. The molecular weight excluding hydrogens is 516 g/mol. The Morgan fingerprint density at radius 1 is 1.09 bits per heavy atom. The van der Waals surface area contributed by atoms with Crippen LogP contribution in [0.25, 0.3) is 10.2 Å². The van der Waals surface area contributed by atoms with Crippen LogP contribution in [0.1, 0.15) is 36.9 Å². The number of amides is 2. The van der Waals surface area contributed by atoms with Gasteiger partial charge in [-0.25, -0.2) is 10.4 Å². The Balaban J connectivity index is 1.69. The molecule has 2 aromatic carbocycles. The zero-order chi connectivity index (χ0) is 24.2. The van der Waals surface area contributed by atoms with Gasteiger partial charge in [0.25, 0.3) is 11.8 Å². The van der Waals surface area contributed by atoms with Crippen LogP contribution in [0.5, 0.6) is 5.75 Å². The van der Waals surface area contributed by atoms with Gasteiger partial charge in [0, 0.05) is 15.6 Å². The molecule has 0 atom stereocenters. The standard InChI is InChI=1S/C25H21BrN4O3S/c1-14-12-15(2)28-25-20(14)21(29-23(31)18-6-4-5-7-19(18)33-3)22(34-25)24(32)30-27-13-16-8-10-17(26)11-9-16/h4-13H,1-3H3,(H,29,31)(H,30,32)/b27-13-. The lowest BCUT2D eigenvalue weighted by molar-refractivity contribution is 0.0960. The number of anilines is 1. The molecule has 2 aromatic heterocycles. The lowest BCUT2D eigenvalue weighted by Crippen LogP contribution is -2.20. The molecule has 0 bridgehead atoms. The minimum absolute atomic E-state index is 0.312. The number of rotatable bonds is 6. The van der Waals surface area contributed by atoms with E-state index in [9.17, 15) is 9.59 Å². The number of fused-ring (bicyclic) bond motifs is 1. The summed E-state index contributed by atoms with van der Waals surface area (Å²) in [5, 5.41) is 7.71. The van der Waals surface area contributed by atoms with Crippen molar-refractivity contribution in [3.8, 4) is 5.75 Å². The quantitative estimate of drug-likeness (QED) is 0.244. The number of nitrogens with one attached hydrogen (secondary N) is 2. The summed E-state index contributed by atoms with van der Waals surface area (Å²) in [6.07, 6.45) is 1.55. The van der Waals surface area contributed by atoms with E-state index >= 15 is 0 Å². The number of hydrogen-bond acceptors (Lipinski definition) is 6.